The van der Waals surface area contributed by atoms with Crippen molar-refractivity contribution in [3.63, 3.8) is 0 Å². The molecule has 0 fully saturated rings. The Balaban J connectivity index is 2.00. The SMILES string of the molecule is Cc1cc(-c2ccccc2)n(-c2ccc(NS(C)(=O)=O)cc2)n1. The molecule has 0 unspecified atom stereocenters. The van der Waals surface area contributed by atoms with E-state index in [0.29, 0.717) is 5.69 Å². The van der Waals surface area contributed by atoms with Crippen molar-refractivity contribution in [1.82, 2.24) is 9.78 Å². The van der Waals surface area contributed by atoms with E-state index >= 15 is 0 Å². The first-order chi connectivity index (χ1) is 10.9. The van der Waals surface area contributed by atoms with Crippen molar-refractivity contribution in [2.24, 2.45) is 0 Å². The number of hydrogen-bond donors (Lipinski definition) is 1. The van der Waals surface area contributed by atoms with Gasteiger partial charge in [0.1, 0.15) is 0 Å². The fourth-order valence-corrected chi connectivity index (χ4v) is 2.96. The Morgan fingerprint density at radius 3 is 2.26 bits per heavy atom. The number of hydrogen-bond acceptors (Lipinski definition) is 3. The summed E-state index contributed by atoms with van der Waals surface area (Å²) in [6.07, 6.45) is 1.13. The average molecular weight is 327 g/mol. The predicted octanol–water partition coefficient (Wildman–Crippen LogP) is 3.22. The summed E-state index contributed by atoms with van der Waals surface area (Å²) < 4.78 is 26.8. The minimum Gasteiger partial charge on any atom is -0.284 e. The van der Waals surface area contributed by atoms with Crippen LogP contribution in [0.25, 0.3) is 16.9 Å². The van der Waals surface area contributed by atoms with Crippen molar-refractivity contribution in [3.05, 3.63) is 66.4 Å². The van der Waals surface area contributed by atoms with Crippen LogP contribution >= 0.6 is 0 Å². The van der Waals surface area contributed by atoms with E-state index in [4.69, 9.17) is 0 Å². The van der Waals surface area contributed by atoms with Crippen molar-refractivity contribution in [3.8, 4) is 16.9 Å². The van der Waals surface area contributed by atoms with Gasteiger partial charge in [0.05, 0.1) is 23.3 Å². The minimum absolute atomic E-state index is 0.529. The Bertz CT molecular complexity index is 914. The third kappa shape index (κ3) is 3.60. The van der Waals surface area contributed by atoms with Crippen LogP contribution in [0.1, 0.15) is 5.69 Å². The van der Waals surface area contributed by atoms with Crippen LogP contribution in [0.15, 0.2) is 60.7 Å². The highest BCUT2D eigenvalue weighted by molar-refractivity contribution is 7.92. The maximum atomic E-state index is 11.3. The predicted molar refractivity (Wildman–Crippen MR) is 92.2 cm³/mol. The molecule has 118 valence electrons. The van der Waals surface area contributed by atoms with Crippen LogP contribution < -0.4 is 4.72 Å². The zero-order chi connectivity index (χ0) is 16.4. The Morgan fingerprint density at radius 2 is 1.65 bits per heavy atom. The summed E-state index contributed by atoms with van der Waals surface area (Å²) in [6, 6.07) is 19.2. The van der Waals surface area contributed by atoms with Crippen LogP contribution in [-0.2, 0) is 10.0 Å². The number of aromatic nitrogens is 2. The van der Waals surface area contributed by atoms with Crippen molar-refractivity contribution < 1.29 is 8.42 Å². The summed E-state index contributed by atoms with van der Waals surface area (Å²) >= 11 is 0. The molecule has 23 heavy (non-hydrogen) atoms. The molecule has 0 atom stereocenters. The van der Waals surface area contributed by atoms with E-state index in [9.17, 15) is 8.42 Å². The van der Waals surface area contributed by atoms with Gasteiger partial charge in [0, 0.05) is 11.3 Å². The number of nitrogens with one attached hydrogen (secondary N) is 1. The van der Waals surface area contributed by atoms with Crippen molar-refractivity contribution in [1.29, 1.82) is 0 Å². The number of nitrogens with zero attached hydrogens (tertiary/aromatic N) is 2. The minimum atomic E-state index is -3.27. The van der Waals surface area contributed by atoms with Crippen LogP contribution in [0.4, 0.5) is 5.69 Å². The topological polar surface area (TPSA) is 64.0 Å². The van der Waals surface area contributed by atoms with Gasteiger partial charge in [-0.2, -0.15) is 5.10 Å². The lowest BCUT2D eigenvalue weighted by atomic mass is 10.1. The van der Waals surface area contributed by atoms with Crippen molar-refractivity contribution in [2.45, 2.75) is 6.92 Å². The Hall–Kier alpha value is -2.60. The second kappa shape index (κ2) is 5.89. The summed E-state index contributed by atoms with van der Waals surface area (Å²) in [5, 5.41) is 4.54. The molecule has 5 nitrogen and oxygen atoms in total. The molecule has 0 amide bonds. The van der Waals surface area contributed by atoms with Gasteiger partial charge >= 0.3 is 0 Å². The largest absolute Gasteiger partial charge is 0.284 e. The summed E-state index contributed by atoms with van der Waals surface area (Å²) in [7, 11) is -3.27. The normalized spacial score (nSPS) is 11.4. The fourth-order valence-electron chi connectivity index (χ4n) is 2.40. The summed E-state index contributed by atoms with van der Waals surface area (Å²) in [4.78, 5) is 0. The van der Waals surface area contributed by atoms with Crippen LogP contribution in [0.2, 0.25) is 0 Å². The van der Waals surface area contributed by atoms with E-state index in [-0.39, 0.29) is 0 Å². The van der Waals surface area contributed by atoms with E-state index in [1.54, 1.807) is 12.1 Å². The third-order valence-corrected chi connectivity index (χ3v) is 3.92. The molecule has 3 aromatic rings. The fraction of sp³-hybridized carbons (Fsp3) is 0.118. The zero-order valence-corrected chi connectivity index (χ0v) is 13.7. The molecule has 1 N–H and O–H groups in total. The Labute approximate surface area is 135 Å². The van der Waals surface area contributed by atoms with E-state index in [1.807, 2.05) is 60.1 Å². The van der Waals surface area contributed by atoms with Crippen LogP contribution in [0.3, 0.4) is 0 Å². The van der Waals surface area contributed by atoms with Gasteiger partial charge in [-0.1, -0.05) is 30.3 Å². The maximum Gasteiger partial charge on any atom is 0.229 e. The smallest absolute Gasteiger partial charge is 0.229 e. The standard InChI is InChI=1S/C17H17N3O2S/c1-13-12-17(14-6-4-3-5-7-14)20(18-13)16-10-8-15(9-11-16)19-23(2,21)22/h3-12,19H,1-2H3. The molecular formula is C17H17N3O2S. The summed E-state index contributed by atoms with van der Waals surface area (Å²) in [5.41, 5.74) is 4.39. The summed E-state index contributed by atoms with van der Waals surface area (Å²) in [5.74, 6) is 0. The second-order valence-electron chi connectivity index (χ2n) is 5.37. The third-order valence-electron chi connectivity index (χ3n) is 3.32. The molecule has 0 aliphatic rings. The highest BCUT2D eigenvalue weighted by Gasteiger charge is 2.10. The molecule has 3 rings (SSSR count). The van der Waals surface area contributed by atoms with Crippen molar-refractivity contribution >= 4 is 15.7 Å². The number of anilines is 1. The van der Waals surface area contributed by atoms with E-state index in [2.05, 4.69) is 9.82 Å². The van der Waals surface area contributed by atoms with Crippen LogP contribution in [0.5, 0.6) is 0 Å². The lowest BCUT2D eigenvalue weighted by molar-refractivity contribution is 0.607. The first kappa shape index (κ1) is 15.3. The van der Waals surface area contributed by atoms with E-state index in [1.165, 1.54) is 0 Å². The zero-order valence-electron chi connectivity index (χ0n) is 12.9. The molecule has 0 radical (unpaired) electrons. The van der Waals surface area contributed by atoms with Crippen LogP contribution in [-0.4, -0.2) is 24.5 Å². The lowest BCUT2D eigenvalue weighted by Gasteiger charge is -2.09. The highest BCUT2D eigenvalue weighted by atomic mass is 32.2. The van der Waals surface area contributed by atoms with Gasteiger partial charge in [0.15, 0.2) is 0 Å². The van der Waals surface area contributed by atoms with Gasteiger partial charge < -0.3 is 0 Å². The second-order valence-corrected chi connectivity index (χ2v) is 7.12. The van der Waals surface area contributed by atoms with Crippen molar-refractivity contribution in [2.75, 3.05) is 11.0 Å². The number of sulfonamides is 1. The number of benzene rings is 2. The van der Waals surface area contributed by atoms with Gasteiger partial charge in [-0.15, -0.1) is 0 Å². The quantitative estimate of drug-likeness (QED) is 0.800. The molecule has 1 heterocycles. The molecule has 0 aliphatic carbocycles. The molecule has 0 spiro atoms. The lowest BCUT2D eigenvalue weighted by Crippen LogP contribution is -2.09. The molecule has 2 aromatic carbocycles. The molecule has 0 bridgehead atoms. The van der Waals surface area contributed by atoms with Crippen LogP contribution in [0, 0.1) is 6.92 Å². The van der Waals surface area contributed by atoms with Gasteiger partial charge in [-0.05, 0) is 37.3 Å². The van der Waals surface area contributed by atoms with Gasteiger partial charge in [0.2, 0.25) is 10.0 Å². The number of rotatable bonds is 4. The van der Waals surface area contributed by atoms with Gasteiger partial charge in [0.25, 0.3) is 0 Å². The molecule has 0 aliphatic heterocycles. The first-order valence-corrected chi connectivity index (χ1v) is 9.02. The summed E-state index contributed by atoms with van der Waals surface area (Å²) in [6.45, 7) is 1.95. The van der Waals surface area contributed by atoms with Gasteiger partial charge in [-0.25, -0.2) is 13.1 Å². The van der Waals surface area contributed by atoms with E-state index in [0.717, 1.165) is 28.9 Å². The first-order valence-electron chi connectivity index (χ1n) is 7.13. The Kier molecular flexibility index (Phi) is 3.92. The molecule has 0 saturated carbocycles. The van der Waals surface area contributed by atoms with E-state index < -0.39 is 10.0 Å². The Morgan fingerprint density at radius 1 is 1.00 bits per heavy atom. The maximum absolute atomic E-state index is 11.3. The number of aryl methyl sites for hydroxylation is 1. The monoisotopic (exact) mass is 327 g/mol. The molecule has 6 heteroatoms. The molecule has 1 aromatic heterocycles. The highest BCUT2D eigenvalue weighted by Crippen LogP contribution is 2.24. The average Bonchev–Trinajstić information content (AvgIpc) is 2.89. The molecular weight excluding hydrogens is 310 g/mol. The molecule has 0 saturated heterocycles. The van der Waals surface area contributed by atoms with Gasteiger partial charge in [-0.3, -0.25) is 4.72 Å².